The van der Waals surface area contributed by atoms with E-state index in [-0.39, 0.29) is 0 Å². The lowest BCUT2D eigenvalue weighted by Gasteiger charge is -2.17. The minimum Gasteiger partial charge on any atom is -0.355 e. The second kappa shape index (κ2) is 4.60. The molecule has 0 spiro atoms. The lowest BCUT2D eigenvalue weighted by atomic mass is 10.5. The van der Waals surface area contributed by atoms with Gasteiger partial charge in [0.1, 0.15) is 0 Å². The Balaban J connectivity index is 2.22. The van der Waals surface area contributed by atoms with Crippen LogP contribution in [-0.2, 0) is 0 Å². The van der Waals surface area contributed by atoms with Crippen LogP contribution in [0.4, 0.5) is 0 Å². The van der Waals surface area contributed by atoms with Crippen LogP contribution in [0, 0.1) is 0 Å². The van der Waals surface area contributed by atoms with Gasteiger partial charge in [0.25, 0.3) is 0 Å². The number of nitrogens with one attached hydrogen (secondary N) is 1. The summed E-state index contributed by atoms with van der Waals surface area (Å²) in [4.78, 5) is 6.50. The maximum atomic E-state index is 4.35. The molecule has 0 aliphatic carbocycles. The van der Waals surface area contributed by atoms with Gasteiger partial charge < -0.3 is 10.2 Å². The zero-order chi connectivity index (χ0) is 8.97. The zero-order valence-corrected chi connectivity index (χ0v) is 8.82. The highest BCUT2D eigenvalue weighted by Gasteiger charge is 2.11. The number of hydrogen-bond acceptors (Lipinski definition) is 4. The lowest BCUT2D eigenvalue weighted by Crippen LogP contribution is -2.38. The van der Waals surface area contributed by atoms with Gasteiger partial charge in [-0.05, 0) is 6.26 Å². The van der Waals surface area contributed by atoms with Crippen LogP contribution in [0.5, 0.6) is 0 Å². The molecule has 4 heteroatoms. The normalized spacial score (nSPS) is 19.2. The molecule has 1 N–H and O–H groups in total. The third kappa shape index (κ3) is 2.59. The number of rotatable bonds is 3. The fraction of sp³-hybridized carbons (Fsp3) is 0.875. The molecule has 0 saturated carbocycles. The van der Waals surface area contributed by atoms with Gasteiger partial charge >= 0.3 is 0 Å². The molecule has 0 aromatic carbocycles. The molecule has 1 heterocycles. The number of nitrogens with zero attached hydrogens (tertiary/aromatic N) is 2. The van der Waals surface area contributed by atoms with Crippen LogP contribution >= 0.6 is 11.8 Å². The molecule has 0 aromatic rings. The maximum absolute atomic E-state index is 4.35. The van der Waals surface area contributed by atoms with Gasteiger partial charge in [0.05, 0.1) is 6.54 Å². The molecule has 0 saturated heterocycles. The van der Waals surface area contributed by atoms with Crippen molar-refractivity contribution in [2.24, 2.45) is 4.99 Å². The second-order valence-electron chi connectivity index (χ2n) is 3.05. The number of guanidine groups is 1. The largest absolute Gasteiger partial charge is 0.355 e. The van der Waals surface area contributed by atoms with E-state index in [1.54, 1.807) is 0 Å². The Morgan fingerprint density at radius 1 is 1.75 bits per heavy atom. The van der Waals surface area contributed by atoms with E-state index in [2.05, 4.69) is 35.4 Å². The van der Waals surface area contributed by atoms with Crippen molar-refractivity contribution in [3.63, 3.8) is 0 Å². The Morgan fingerprint density at radius 3 is 3.00 bits per heavy atom. The van der Waals surface area contributed by atoms with E-state index in [1.807, 2.05) is 11.8 Å². The minimum atomic E-state index is 0.654. The first kappa shape index (κ1) is 9.71. The van der Waals surface area contributed by atoms with Crippen LogP contribution in [0.2, 0.25) is 0 Å². The molecule has 1 aliphatic rings. The average molecular weight is 187 g/mol. The van der Waals surface area contributed by atoms with Crippen molar-refractivity contribution in [2.75, 3.05) is 32.9 Å². The van der Waals surface area contributed by atoms with Crippen molar-refractivity contribution in [3.8, 4) is 0 Å². The third-order valence-corrected chi connectivity index (χ3v) is 2.98. The van der Waals surface area contributed by atoms with Gasteiger partial charge in [0, 0.05) is 25.4 Å². The summed E-state index contributed by atoms with van der Waals surface area (Å²) in [6.07, 6.45) is 2.13. The molecule has 1 unspecified atom stereocenters. The molecule has 12 heavy (non-hydrogen) atoms. The summed E-state index contributed by atoms with van der Waals surface area (Å²) in [7, 11) is 2.07. The van der Waals surface area contributed by atoms with E-state index in [1.165, 1.54) is 0 Å². The minimum absolute atomic E-state index is 0.654. The van der Waals surface area contributed by atoms with E-state index in [0.717, 1.165) is 25.6 Å². The third-order valence-electron chi connectivity index (χ3n) is 2.01. The van der Waals surface area contributed by atoms with Gasteiger partial charge in [0.15, 0.2) is 5.96 Å². The number of aliphatic imine (C=N–C) groups is 1. The van der Waals surface area contributed by atoms with E-state index >= 15 is 0 Å². The highest BCUT2D eigenvalue weighted by Crippen LogP contribution is 2.03. The summed E-state index contributed by atoms with van der Waals surface area (Å²) in [5.74, 6) is 1.05. The zero-order valence-electron chi connectivity index (χ0n) is 8.00. The van der Waals surface area contributed by atoms with Crippen molar-refractivity contribution in [3.05, 3.63) is 0 Å². The Morgan fingerprint density at radius 2 is 2.50 bits per heavy atom. The van der Waals surface area contributed by atoms with Gasteiger partial charge in [-0.15, -0.1) is 0 Å². The maximum Gasteiger partial charge on any atom is 0.193 e. The summed E-state index contributed by atoms with van der Waals surface area (Å²) >= 11 is 1.87. The van der Waals surface area contributed by atoms with Crippen LogP contribution in [0.3, 0.4) is 0 Å². The fourth-order valence-corrected chi connectivity index (χ4v) is 1.29. The van der Waals surface area contributed by atoms with Crippen molar-refractivity contribution in [2.45, 2.75) is 12.2 Å². The van der Waals surface area contributed by atoms with E-state index in [9.17, 15) is 0 Å². The molecule has 1 aliphatic heterocycles. The van der Waals surface area contributed by atoms with E-state index < -0.39 is 0 Å². The summed E-state index contributed by atoms with van der Waals surface area (Å²) in [5.41, 5.74) is 0. The van der Waals surface area contributed by atoms with Crippen LogP contribution in [0.25, 0.3) is 0 Å². The highest BCUT2D eigenvalue weighted by atomic mass is 32.2. The van der Waals surface area contributed by atoms with E-state index in [0.29, 0.717) is 5.25 Å². The molecule has 70 valence electrons. The van der Waals surface area contributed by atoms with Crippen LogP contribution in [0.15, 0.2) is 4.99 Å². The van der Waals surface area contributed by atoms with Crippen molar-refractivity contribution in [1.29, 1.82) is 0 Å². The molecule has 0 radical (unpaired) electrons. The second-order valence-corrected chi connectivity index (χ2v) is 4.33. The van der Waals surface area contributed by atoms with Crippen LogP contribution in [0.1, 0.15) is 6.92 Å². The predicted octanol–water partition coefficient (Wildman–Crippen LogP) is 0.629. The summed E-state index contributed by atoms with van der Waals surface area (Å²) in [6, 6.07) is 0. The van der Waals surface area contributed by atoms with Crippen LogP contribution < -0.4 is 5.32 Å². The highest BCUT2D eigenvalue weighted by molar-refractivity contribution is 7.99. The molecule has 0 fully saturated rings. The van der Waals surface area contributed by atoms with Crippen molar-refractivity contribution < 1.29 is 0 Å². The SMILES string of the molecule is CSC(C)CNC1=NCCN1C. The number of hydrogen-bond donors (Lipinski definition) is 1. The topological polar surface area (TPSA) is 27.6 Å². The number of likely N-dealkylation sites (N-methyl/N-ethyl adjacent to an activating group) is 1. The van der Waals surface area contributed by atoms with Gasteiger partial charge in [0.2, 0.25) is 0 Å². The number of thioether (sulfide) groups is 1. The molecule has 0 bridgehead atoms. The molecule has 0 aromatic heterocycles. The summed E-state index contributed by atoms with van der Waals surface area (Å²) in [5, 5.41) is 3.99. The van der Waals surface area contributed by atoms with E-state index in [4.69, 9.17) is 0 Å². The van der Waals surface area contributed by atoms with Crippen LogP contribution in [-0.4, -0.2) is 49.0 Å². The molecule has 3 nitrogen and oxygen atoms in total. The Labute approximate surface area is 78.6 Å². The molecular formula is C8H17N3S. The molecular weight excluding hydrogens is 170 g/mol. The van der Waals surface area contributed by atoms with Crippen molar-refractivity contribution in [1.82, 2.24) is 10.2 Å². The first-order chi connectivity index (χ1) is 5.74. The van der Waals surface area contributed by atoms with Gasteiger partial charge in [-0.2, -0.15) is 11.8 Å². The smallest absolute Gasteiger partial charge is 0.193 e. The predicted molar refractivity (Wildman–Crippen MR) is 55.9 cm³/mol. The molecule has 1 atom stereocenters. The monoisotopic (exact) mass is 187 g/mol. The Kier molecular flexibility index (Phi) is 3.72. The summed E-state index contributed by atoms with van der Waals surface area (Å²) < 4.78 is 0. The van der Waals surface area contributed by atoms with Crippen molar-refractivity contribution >= 4 is 17.7 Å². The fourth-order valence-electron chi connectivity index (χ4n) is 1.04. The Bertz CT molecular complexity index is 170. The first-order valence-corrected chi connectivity index (χ1v) is 5.55. The van der Waals surface area contributed by atoms with Gasteiger partial charge in [-0.1, -0.05) is 6.92 Å². The Hall–Kier alpha value is -0.380. The van der Waals surface area contributed by atoms with Gasteiger partial charge in [-0.25, -0.2) is 0 Å². The standard InChI is InChI=1S/C8H17N3S/c1-7(12-3)6-10-8-9-4-5-11(8)2/h7H,4-6H2,1-3H3,(H,9,10). The quantitative estimate of drug-likeness (QED) is 0.702. The first-order valence-electron chi connectivity index (χ1n) is 4.26. The summed E-state index contributed by atoms with van der Waals surface area (Å²) in [6.45, 7) is 5.21. The average Bonchev–Trinajstić information content (AvgIpc) is 2.47. The lowest BCUT2D eigenvalue weighted by molar-refractivity contribution is 0.534. The molecule has 0 amide bonds. The van der Waals surface area contributed by atoms with Gasteiger partial charge in [-0.3, -0.25) is 4.99 Å². The molecule has 1 rings (SSSR count).